The molecule has 1 aromatic carbocycles. The minimum atomic E-state index is -0.730. The molecule has 7 nitrogen and oxygen atoms in total. The minimum Gasteiger partial charge on any atom is -0.394 e. The van der Waals surface area contributed by atoms with E-state index in [0.29, 0.717) is 12.1 Å². The van der Waals surface area contributed by atoms with Crippen molar-refractivity contribution < 1.29 is 19.9 Å². The van der Waals surface area contributed by atoms with Crippen molar-refractivity contribution in [2.24, 2.45) is 0 Å². The van der Waals surface area contributed by atoms with E-state index in [1.54, 1.807) is 12.1 Å². The van der Waals surface area contributed by atoms with Crippen LogP contribution in [0.25, 0.3) is 0 Å². The fourth-order valence-electron chi connectivity index (χ4n) is 1.88. The number of nitrogens with one attached hydrogen (secondary N) is 1. The van der Waals surface area contributed by atoms with Gasteiger partial charge in [0.05, 0.1) is 17.6 Å². The van der Waals surface area contributed by atoms with E-state index >= 15 is 0 Å². The largest absolute Gasteiger partial charge is 0.394 e. The van der Waals surface area contributed by atoms with Gasteiger partial charge in [0, 0.05) is 24.2 Å². The summed E-state index contributed by atoms with van der Waals surface area (Å²) in [6.07, 6.45) is -1.47. The second-order valence-electron chi connectivity index (χ2n) is 4.10. The van der Waals surface area contributed by atoms with E-state index < -0.39 is 23.4 Å². The normalized spacial score (nSPS) is 27.1. The zero-order chi connectivity index (χ0) is 13.1. The van der Waals surface area contributed by atoms with Crippen LogP contribution in [0.4, 0.5) is 11.4 Å². The number of anilines is 1. The van der Waals surface area contributed by atoms with Crippen LogP contribution in [-0.2, 0) is 4.74 Å². The molecule has 2 rings (SSSR count). The summed E-state index contributed by atoms with van der Waals surface area (Å²) in [5.41, 5.74) is 0.525. The van der Waals surface area contributed by atoms with Crippen molar-refractivity contribution in [3.8, 4) is 0 Å². The highest BCUT2D eigenvalue weighted by molar-refractivity contribution is 5.51. The van der Waals surface area contributed by atoms with Gasteiger partial charge < -0.3 is 20.3 Å². The molecule has 98 valence electrons. The smallest absolute Gasteiger partial charge is 0.271 e. The number of nitrogens with zero attached hydrogens (tertiary/aromatic N) is 1. The SMILES string of the molecule is O=[N+]([O-])c1cccc(N[C@@H]2C[C@H](O)[C@@H](CO)O2)c1. The molecule has 18 heavy (non-hydrogen) atoms. The van der Waals surface area contributed by atoms with Crippen molar-refractivity contribution in [3.63, 3.8) is 0 Å². The van der Waals surface area contributed by atoms with Gasteiger partial charge in [-0.3, -0.25) is 10.1 Å². The molecule has 0 aliphatic carbocycles. The zero-order valence-corrected chi connectivity index (χ0v) is 9.52. The number of nitro groups is 1. The average Bonchev–Trinajstić information content (AvgIpc) is 2.69. The monoisotopic (exact) mass is 254 g/mol. The number of benzene rings is 1. The third kappa shape index (κ3) is 2.76. The Labute approximate surface area is 103 Å². The zero-order valence-electron chi connectivity index (χ0n) is 9.52. The van der Waals surface area contributed by atoms with Crippen LogP contribution in [0.15, 0.2) is 24.3 Å². The maximum atomic E-state index is 10.6. The molecular weight excluding hydrogens is 240 g/mol. The molecule has 7 heteroatoms. The molecule has 0 saturated carbocycles. The number of hydrogen-bond acceptors (Lipinski definition) is 6. The minimum absolute atomic E-state index is 0.0164. The molecule has 0 amide bonds. The Morgan fingerprint density at radius 3 is 2.94 bits per heavy atom. The van der Waals surface area contributed by atoms with Crippen LogP contribution >= 0.6 is 0 Å². The van der Waals surface area contributed by atoms with Crippen LogP contribution in [0.3, 0.4) is 0 Å². The van der Waals surface area contributed by atoms with E-state index in [0.717, 1.165) is 0 Å². The molecule has 0 bridgehead atoms. The van der Waals surface area contributed by atoms with Crippen molar-refractivity contribution in [2.75, 3.05) is 11.9 Å². The molecule has 0 radical (unpaired) electrons. The number of ether oxygens (including phenoxy) is 1. The van der Waals surface area contributed by atoms with E-state index in [1.807, 2.05) is 0 Å². The molecule has 1 heterocycles. The lowest BCUT2D eigenvalue weighted by Gasteiger charge is -2.14. The van der Waals surface area contributed by atoms with Crippen molar-refractivity contribution in [3.05, 3.63) is 34.4 Å². The lowest BCUT2D eigenvalue weighted by atomic mass is 10.2. The van der Waals surface area contributed by atoms with Gasteiger partial charge in [-0.15, -0.1) is 0 Å². The fraction of sp³-hybridized carbons (Fsp3) is 0.455. The highest BCUT2D eigenvalue weighted by atomic mass is 16.6. The third-order valence-electron chi connectivity index (χ3n) is 2.79. The van der Waals surface area contributed by atoms with E-state index in [2.05, 4.69) is 5.32 Å². The van der Waals surface area contributed by atoms with Crippen molar-refractivity contribution in [1.29, 1.82) is 0 Å². The van der Waals surface area contributed by atoms with Gasteiger partial charge in [0.25, 0.3) is 5.69 Å². The van der Waals surface area contributed by atoms with Gasteiger partial charge in [-0.2, -0.15) is 0 Å². The molecule has 1 saturated heterocycles. The van der Waals surface area contributed by atoms with Gasteiger partial charge >= 0.3 is 0 Å². The summed E-state index contributed by atoms with van der Waals surface area (Å²) in [5.74, 6) is 0. The lowest BCUT2D eigenvalue weighted by molar-refractivity contribution is -0.384. The Hall–Kier alpha value is -1.70. The maximum Gasteiger partial charge on any atom is 0.271 e. The van der Waals surface area contributed by atoms with Gasteiger partial charge in [0.15, 0.2) is 0 Å². The lowest BCUT2D eigenvalue weighted by Crippen LogP contribution is -2.25. The molecule has 1 aromatic rings. The first-order valence-corrected chi connectivity index (χ1v) is 5.55. The Morgan fingerprint density at radius 2 is 2.33 bits per heavy atom. The number of hydrogen-bond donors (Lipinski definition) is 3. The predicted octanol–water partition coefficient (Wildman–Crippen LogP) is 0.475. The van der Waals surface area contributed by atoms with Gasteiger partial charge in [-0.05, 0) is 6.07 Å². The molecule has 0 spiro atoms. The van der Waals surface area contributed by atoms with Crippen LogP contribution in [0.5, 0.6) is 0 Å². The second kappa shape index (κ2) is 5.30. The van der Waals surface area contributed by atoms with Crippen molar-refractivity contribution >= 4 is 11.4 Å². The summed E-state index contributed by atoms with van der Waals surface area (Å²) in [7, 11) is 0. The third-order valence-corrected chi connectivity index (χ3v) is 2.79. The summed E-state index contributed by atoms with van der Waals surface area (Å²) in [4.78, 5) is 10.1. The van der Waals surface area contributed by atoms with E-state index in [4.69, 9.17) is 9.84 Å². The Kier molecular flexibility index (Phi) is 3.75. The summed E-state index contributed by atoms with van der Waals surface area (Å²) in [5, 5.41) is 32.0. The maximum absolute atomic E-state index is 10.6. The molecule has 0 aromatic heterocycles. The second-order valence-corrected chi connectivity index (χ2v) is 4.10. The fourth-order valence-corrected chi connectivity index (χ4v) is 1.88. The number of non-ortho nitro benzene ring substituents is 1. The van der Waals surface area contributed by atoms with Crippen LogP contribution in [0.1, 0.15) is 6.42 Å². The molecule has 1 fully saturated rings. The average molecular weight is 254 g/mol. The van der Waals surface area contributed by atoms with Crippen molar-refractivity contribution in [2.45, 2.75) is 24.9 Å². The number of aliphatic hydroxyl groups is 2. The molecular formula is C11H14N2O5. The number of rotatable bonds is 4. The number of nitro benzene ring substituents is 1. The molecule has 3 N–H and O–H groups in total. The van der Waals surface area contributed by atoms with Crippen LogP contribution in [0, 0.1) is 10.1 Å². The Balaban J connectivity index is 2.02. The quantitative estimate of drug-likeness (QED) is 0.533. The van der Waals surface area contributed by atoms with Gasteiger partial charge in [0.2, 0.25) is 0 Å². The van der Waals surface area contributed by atoms with Gasteiger partial charge in [-0.1, -0.05) is 6.07 Å². The summed E-state index contributed by atoms with van der Waals surface area (Å²) in [6.45, 7) is -0.256. The van der Waals surface area contributed by atoms with Crippen LogP contribution in [0.2, 0.25) is 0 Å². The molecule has 1 aliphatic heterocycles. The van der Waals surface area contributed by atoms with E-state index in [1.165, 1.54) is 12.1 Å². The van der Waals surface area contributed by atoms with Gasteiger partial charge in [0.1, 0.15) is 12.3 Å². The van der Waals surface area contributed by atoms with E-state index in [-0.39, 0.29) is 12.3 Å². The number of aliphatic hydroxyl groups excluding tert-OH is 2. The molecule has 3 atom stereocenters. The highest BCUT2D eigenvalue weighted by Crippen LogP contribution is 2.24. The molecule has 1 aliphatic rings. The standard InChI is InChI=1S/C11H14N2O5/c14-6-10-9(15)5-11(18-10)12-7-2-1-3-8(4-7)13(16)17/h1-4,9-12,14-15H,5-6H2/t9-,10+,11-/m0/s1. The summed E-state index contributed by atoms with van der Waals surface area (Å²) >= 11 is 0. The van der Waals surface area contributed by atoms with Gasteiger partial charge in [-0.25, -0.2) is 0 Å². The first kappa shape index (κ1) is 12.7. The Bertz CT molecular complexity index is 439. The van der Waals surface area contributed by atoms with Crippen LogP contribution in [-0.4, -0.2) is 40.2 Å². The molecule has 0 unspecified atom stereocenters. The predicted molar refractivity (Wildman–Crippen MR) is 63.1 cm³/mol. The summed E-state index contributed by atoms with van der Waals surface area (Å²) in [6, 6.07) is 6.03. The topological polar surface area (TPSA) is 105 Å². The first-order chi connectivity index (χ1) is 8.60. The Morgan fingerprint density at radius 1 is 1.56 bits per heavy atom. The van der Waals surface area contributed by atoms with E-state index in [9.17, 15) is 15.2 Å². The highest BCUT2D eigenvalue weighted by Gasteiger charge is 2.33. The summed E-state index contributed by atoms with van der Waals surface area (Å²) < 4.78 is 5.35. The van der Waals surface area contributed by atoms with Crippen LogP contribution < -0.4 is 5.32 Å². The van der Waals surface area contributed by atoms with Crippen molar-refractivity contribution in [1.82, 2.24) is 0 Å². The first-order valence-electron chi connectivity index (χ1n) is 5.55.